The summed E-state index contributed by atoms with van der Waals surface area (Å²) in [6.07, 6.45) is 0. The standard InChI is InChI=1S/C21H27NO4S/c1-5-25-19-12-7-16(13-20(19)26-6-2)14-22-21(23)15(3)27-18-10-8-17(24-4)9-11-18/h7-13,15H,5-6,14H2,1-4H3,(H,22,23)/t15-/m0/s1. The zero-order chi connectivity index (χ0) is 19.6. The highest BCUT2D eigenvalue weighted by atomic mass is 32.2. The molecule has 1 atom stereocenters. The molecule has 27 heavy (non-hydrogen) atoms. The second kappa shape index (κ2) is 10.7. The molecular weight excluding hydrogens is 362 g/mol. The quantitative estimate of drug-likeness (QED) is 0.614. The summed E-state index contributed by atoms with van der Waals surface area (Å²) < 4.78 is 16.3. The number of thioether (sulfide) groups is 1. The monoisotopic (exact) mass is 389 g/mol. The molecule has 2 aromatic rings. The van der Waals surface area contributed by atoms with Crippen LogP contribution in [0.1, 0.15) is 26.3 Å². The smallest absolute Gasteiger partial charge is 0.233 e. The van der Waals surface area contributed by atoms with E-state index < -0.39 is 0 Å². The Hall–Kier alpha value is -2.34. The lowest BCUT2D eigenvalue weighted by molar-refractivity contribution is -0.120. The minimum Gasteiger partial charge on any atom is -0.497 e. The van der Waals surface area contributed by atoms with E-state index >= 15 is 0 Å². The fourth-order valence-corrected chi connectivity index (χ4v) is 3.34. The van der Waals surface area contributed by atoms with Gasteiger partial charge in [0.25, 0.3) is 0 Å². The van der Waals surface area contributed by atoms with Gasteiger partial charge >= 0.3 is 0 Å². The van der Waals surface area contributed by atoms with Crippen LogP contribution in [0.3, 0.4) is 0 Å². The molecule has 0 saturated heterocycles. The lowest BCUT2D eigenvalue weighted by atomic mass is 10.2. The summed E-state index contributed by atoms with van der Waals surface area (Å²) in [5.74, 6) is 2.21. The number of nitrogens with one attached hydrogen (secondary N) is 1. The van der Waals surface area contributed by atoms with E-state index in [1.54, 1.807) is 7.11 Å². The molecule has 146 valence electrons. The fraction of sp³-hybridized carbons (Fsp3) is 0.381. The minimum absolute atomic E-state index is 0.0114. The number of amides is 1. The third kappa shape index (κ3) is 6.40. The molecule has 0 aliphatic rings. The van der Waals surface area contributed by atoms with Crippen molar-refractivity contribution in [2.75, 3.05) is 20.3 Å². The van der Waals surface area contributed by atoms with E-state index in [0.29, 0.717) is 25.5 Å². The molecule has 0 bridgehead atoms. The van der Waals surface area contributed by atoms with Crippen molar-refractivity contribution in [3.05, 3.63) is 48.0 Å². The highest BCUT2D eigenvalue weighted by Crippen LogP contribution is 2.29. The molecule has 0 fully saturated rings. The van der Waals surface area contributed by atoms with Crippen LogP contribution in [0.25, 0.3) is 0 Å². The number of hydrogen-bond donors (Lipinski definition) is 1. The van der Waals surface area contributed by atoms with Crippen LogP contribution in [0.5, 0.6) is 17.2 Å². The highest BCUT2D eigenvalue weighted by molar-refractivity contribution is 8.00. The Kier molecular flexibility index (Phi) is 8.33. The van der Waals surface area contributed by atoms with Crippen molar-refractivity contribution in [1.82, 2.24) is 5.32 Å². The van der Waals surface area contributed by atoms with E-state index in [-0.39, 0.29) is 11.2 Å². The first-order valence-electron chi connectivity index (χ1n) is 9.04. The predicted molar refractivity (Wildman–Crippen MR) is 109 cm³/mol. The number of methoxy groups -OCH3 is 1. The normalized spacial score (nSPS) is 11.6. The maximum atomic E-state index is 12.4. The Morgan fingerprint density at radius 3 is 2.33 bits per heavy atom. The predicted octanol–water partition coefficient (Wildman–Crippen LogP) is 4.29. The summed E-state index contributed by atoms with van der Waals surface area (Å²) in [5, 5.41) is 2.78. The molecule has 1 N–H and O–H groups in total. The lowest BCUT2D eigenvalue weighted by Crippen LogP contribution is -2.30. The molecule has 0 aliphatic heterocycles. The van der Waals surface area contributed by atoms with Crippen molar-refractivity contribution in [2.45, 2.75) is 37.5 Å². The zero-order valence-corrected chi connectivity index (χ0v) is 17.1. The van der Waals surface area contributed by atoms with Gasteiger partial charge in [0.15, 0.2) is 11.5 Å². The van der Waals surface area contributed by atoms with Crippen LogP contribution in [0, 0.1) is 0 Å². The van der Waals surface area contributed by atoms with E-state index in [2.05, 4.69) is 5.32 Å². The molecule has 0 radical (unpaired) electrons. The molecular formula is C21H27NO4S. The largest absolute Gasteiger partial charge is 0.497 e. The summed E-state index contributed by atoms with van der Waals surface area (Å²) >= 11 is 1.51. The summed E-state index contributed by atoms with van der Waals surface area (Å²) in [7, 11) is 1.64. The summed E-state index contributed by atoms with van der Waals surface area (Å²) in [6, 6.07) is 13.4. The van der Waals surface area contributed by atoms with Gasteiger partial charge in [-0.1, -0.05) is 6.07 Å². The number of carbonyl (C=O) groups excluding carboxylic acids is 1. The maximum absolute atomic E-state index is 12.4. The van der Waals surface area contributed by atoms with Gasteiger partial charge in [0.2, 0.25) is 5.91 Å². The Morgan fingerprint density at radius 1 is 1.04 bits per heavy atom. The van der Waals surface area contributed by atoms with E-state index in [4.69, 9.17) is 14.2 Å². The maximum Gasteiger partial charge on any atom is 0.233 e. The van der Waals surface area contributed by atoms with Crippen molar-refractivity contribution < 1.29 is 19.0 Å². The molecule has 2 rings (SSSR count). The summed E-state index contributed by atoms with van der Waals surface area (Å²) in [4.78, 5) is 13.4. The van der Waals surface area contributed by atoms with Crippen LogP contribution in [0.15, 0.2) is 47.4 Å². The van der Waals surface area contributed by atoms with Gasteiger partial charge in [-0.05, 0) is 62.7 Å². The van der Waals surface area contributed by atoms with Crippen molar-refractivity contribution in [1.29, 1.82) is 0 Å². The Morgan fingerprint density at radius 2 is 1.70 bits per heavy atom. The van der Waals surface area contributed by atoms with Crippen molar-refractivity contribution in [2.24, 2.45) is 0 Å². The van der Waals surface area contributed by atoms with Gasteiger partial charge in [0.05, 0.1) is 25.6 Å². The van der Waals surface area contributed by atoms with Gasteiger partial charge < -0.3 is 19.5 Å². The first kappa shape index (κ1) is 21.0. The molecule has 0 heterocycles. The number of ether oxygens (including phenoxy) is 3. The molecule has 2 aromatic carbocycles. The molecule has 6 heteroatoms. The second-order valence-electron chi connectivity index (χ2n) is 5.80. The molecule has 5 nitrogen and oxygen atoms in total. The highest BCUT2D eigenvalue weighted by Gasteiger charge is 2.15. The second-order valence-corrected chi connectivity index (χ2v) is 7.21. The number of rotatable bonds is 10. The molecule has 0 saturated carbocycles. The van der Waals surface area contributed by atoms with Crippen LogP contribution in [-0.4, -0.2) is 31.5 Å². The Balaban J connectivity index is 1.92. The van der Waals surface area contributed by atoms with Gasteiger partial charge in [0.1, 0.15) is 5.75 Å². The van der Waals surface area contributed by atoms with Crippen LogP contribution in [-0.2, 0) is 11.3 Å². The van der Waals surface area contributed by atoms with Crippen molar-refractivity contribution in [3.63, 3.8) is 0 Å². The fourth-order valence-electron chi connectivity index (χ4n) is 2.45. The first-order chi connectivity index (χ1) is 13.1. The molecule has 0 unspecified atom stereocenters. The van der Waals surface area contributed by atoms with Gasteiger partial charge in [-0.2, -0.15) is 0 Å². The van der Waals surface area contributed by atoms with Crippen molar-refractivity contribution >= 4 is 17.7 Å². The number of carbonyl (C=O) groups is 1. The van der Waals surface area contributed by atoms with Crippen LogP contribution >= 0.6 is 11.8 Å². The average Bonchev–Trinajstić information content (AvgIpc) is 2.68. The Labute approximate surface area is 165 Å². The zero-order valence-electron chi connectivity index (χ0n) is 16.3. The van der Waals surface area contributed by atoms with Crippen molar-refractivity contribution in [3.8, 4) is 17.2 Å². The van der Waals surface area contributed by atoms with Gasteiger partial charge in [-0.25, -0.2) is 0 Å². The van der Waals surface area contributed by atoms with E-state index in [9.17, 15) is 4.79 Å². The van der Waals surface area contributed by atoms with Gasteiger partial charge in [-0.15, -0.1) is 11.8 Å². The first-order valence-corrected chi connectivity index (χ1v) is 9.92. The summed E-state index contributed by atoms with van der Waals surface area (Å²) in [5.41, 5.74) is 0.969. The SMILES string of the molecule is CCOc1ccc(CNC(=O)[C@H](C)Sc2ccc(OC)cc2)cc1OCC. The van der Waals surface area contributed by atoms with E-state index in [1.165, 1.54) is 11.8 Å². The Bertz CT molecular complexity index is 733. The van der Waals surface area contributed by atoms with Crippen LogP contribution in [0.2, 0.25) is 0 Å². The van der Waals surface area contributed by atoms with Gasteiger partial charge in [-0.3, -0.25) is 4.79 Å². The van der Waals surface area contributed by atoms with E-state index in [1.807, 2.05) is 63.2 Å². The molecule has 0 spiro atoms. The average molecular weight is 390 g/mol. The topological polar surface area (TPSA) is 56.8 Å². The molecule has 1 amide bonds. The third-order valence-corrected chi connectivity index (χ3v) is 4.93. The minimum atomic E-state index is -0.201. The van der Waals surface area contributed by atoms with Gasteiger partial charge in [0, 0.05) is 11.4 Å². The number of hydrogen-bond acceptors (Lipinski definition) is 5. The molecule has 0 aromatic heterocycles. The summed E-state index contributed by atoms with van der Waals surface area (Å²) in [6.45, 7) is 7.35. The lowest BCUT2D eigenvalue weighted by Gasteiger charge is -2.14. The van der Waals surface area contributed by atoms with Crippen LogP contribution in [0.4, 0.5) is 0 Å². The van der Waals surface area contributed by atoms with E-state index in [0.717, 1.165) is 22.0 Å². The number of benzene rings is 2. The third-order valence-electron chi connectivity index (χ3n) is 3.82. The van der Waals surface area contributed by atoms with Crippen LogP contribution < -0.4 is 19.5 Å². The molecule has 0 aliphatic carbocycles.